The Bertz CT molecular complexity index is 674. The van der Waals surface area contributed by atoms with Gasteiger partial charge < -0.3 is 14.7 Å². The number of hydrogen-bond acceptors (Lipinski definition) is 5. The van der Waals surface area contributed by atoms with Crippen molar-refractivity contribution in [1.82, 2.24) is 9.97 Å². The normalized spacial score (nSPS) is 19.5. The molecule has 2 heterocycles. The van der Waals surface area contributed by atoms with Crippen molar-refractivity contribution in [3.63, 3.8) is 0 Å². The molecule has 1 saturated heterocycles. The fraction of sp³-hybridized carbons (Fsp3) is 0.400. The van der Waals surface area contributed by atoms with Crippen LogP contribution in [0.1, 0.15) is 24.0 Å². The number of fused-ring (bicyclic) bond motifs is 1. The molecule has 21 heavy (non-hydrogen) atoms. The molecule has 110 valence electrons. The predicted octanol–water partition coefficient (Wildman–Crippen LogP) is 1.94. The SMILES string of the molecule is CC1CN(c2nc(C(=O)O)nc3ccccc23)CCCO1. The number of anilines is 1. The van der Waals surface area contributed by atoms with E-state index in [0.29, 0.717) is 24.5 Å². The van der Waals surface area contributed by atoms with Crippen molar-refractivity contribution in [3.05, 3.63) is 30.1 Å². The Morgan fingerprint density at radius 1 is 1.38 bits per heavy atom. The number of hydrogen-bond donors (Lipinski definition) is 1. The van der Waals surface area contributed by atoms with E-state index in [9.17, 15) is 9.90 Å². The molecule has 2 aromatic rings. The fourth-order valence-corrected chi connectivity index (χ4v) is 2.58. The van der Waals surface area contributed by atoms with Crippen molar-refractivity contribution in [2.75, 3.05) is 24.6 Å². The lowest BCUT2D eigenvalue weighted by Gasteiger charge is -2.24. The van der Waals surface area contributed by atoms with Crippen LogP contribution in [0.4, 0.5) is 5.82 Å². The highest BCUT2D eigenvalue weighted by Crippen LogP contribution is 2.25. The van der Waals surface area contributed by atoms with Crippen LogP contribution in [0.2, 0.25) is 0 Å². The number of ether oxygens (including phenoxy) is 1. The van der Waals surface area contributed by atoms with Gasteiger partial charge in [0.05, 0.1) is 11.6 Å². The lowest BCUT2D eigenvalue weighted by Crippen LogP contribution is -2.31. The van der Waals surface area contributed by atoms with Crippen LogP contribution in [0.15, 0.2) is 24.3 Å². The van der Waals surface area contributed by atoms with Crippen LogP contribution in [0.5, 0.6) is 0 Å². The van der Waals surface area contributed by atoms with E-state index >= 15 is 0 Å². The Morgan fingerprint density at radius 2 is 2.19 bits per heavy atom. The number of rotatable bonds is 2. The molecule has 1 unspecified atom stereocenters. The van der Waals surface area contributed by atoms with Crippen molar-refractivity contribution >= 4 is 22.7 Å². The van der Waals surface area contributed by atoms with Gasteiger partial charge in [0.15, 0.2) is 0 Å². The van der Waals surface area contributed by atoms with Gasteiger partial charge in [-0.25, -0.2) is 14.8 Å². The molecule has 1 aliphatic rings. The second-order valence-corrected chi connectivity index (χ2v) is 5.17. The van der Waals surface area contributed by atoms with E-state index in [1.54, 1.807) is 0 Å². The highest BCUT2D eigenvalue weighted by molar-refractivity contribution is 5.93. The van der Waals surface area contributed by atoms with Crippen LogP contribution in [-0.2, 0) is 4.74 Å². The zero-order valence-corrected chi connectivity index (χ0v) is 11.8. The topological polar surface area (TPSA) is 75.6 Å². The lowest BCUT2D eigenvalue weighted by molar-refractivity contribution is 0.0684. The van der Waals surface area contributed by atoms with E-state index in [1.807, 2.05) is 31.2 Å². The van der Waals surface area contributed by atoms with Gasteiger partial charge in [-0.1, -0.05) is 12.1 Å². The number of carbonyl (C=O) groups is 1. The van der Waals surface area contributed by atoms with Gasteiger partial charge in [-0.15, -0.1) is 0 Å². The zero-order chi connectivity index (χ0) is 14.8. The summed E-state index contributed by atoms with van der Waals surface area (Å²) in [5, 5.41) is 10.1. The summed E-state index contributed by atoms with van der Waals surface area (Å²) in [6.45, 7) is 4.22. The fourth-order valence-electron chi connectivity index (χ4n) is 2.58. The van der Waals surface area contributed by atoms with E-state index in [1.165, 1.54) is 0 Å². The summed E-state index contributed by atoms with van der Waals surface area (Å²) < 4.78 is 5.64. The Hall–Kier alpha value is -2.21. The molecule has 1 fully saturated rings. The van der Waals surface area contributed by atoms with Crippen molar-refractivity contribution in [2.24, 2.45) is 0 Å². The van der Waals surface area contributed by atoms with Crippen LogP contribution in [-0.4, -0.2) is 46.8 Å². The highest BCUT2D eigenvalue weighted by atomic mass is 16.5. The number of aromatic carboxylic acids is 1. The Morgan fingerprint density at radius 3 is 3.00 bits per heavy atom. The Labute approximate surface area is 122 Å². The molecule has 1 aromatic carbocycles. The molecule has 0 spiro atoms. The average molecular weight is 287 g/mol. The number of benzene rings is 1. The third-order valence-corrected chi connectivity index (χ3v) is 3.53. The van der Waals surface area contributed by atoms with Crippen molar-refractivity contribution in [2.45, 2.75) is 19.4 Å². The third-order valence-electron chi connectivity index (χ3n) is 3.53. The summed E-state index contributed by atoms with van der Waals surface area (Å²) in [4.78, 5) is 21.7. The number of aromatic nitrogens is 2. The summed E-state index contributed by atoms with van der Waals surface area (Å²) in [7, 11) is 0. The van der Waals surface area contributed by atoms with Gasteiger partial charge in [0.25, 0.3) is 0 Å². The third kappa shape index (κ3) is 2.80. The molecular weight excluding hydrogens is 270 g/mol. The molecule has 0 amide bonds. The van der Waals surface area contributed by atoms with Gasteiger partial charge in [0.2, 0.25) is 5.82 Å². The summed E-state index contributed by atoms with van der Waals surface area (Å²) in [5.41, 5.74) is 0.651. The smallest absolute Gasteiger partial charge is 0.374 e. The van der Waals surface area contributed by atoms with Crippen LogP contribution in [0.3, 0.4) is 0 Å². The van der Waals surface area contributed by atoms with Crippen molar-refractivity contribution in [3.8, 4) is 0 Å². The largest absolute Gasteiger partial charge is 0.475 e. The maximum Gasteiger partial charge on any atom is 0.374 e. The quantitative estimate of drug-likeness (QED) is 0.909. The molecule has 6 nitrogen and oxygen atoms in total. The second kappa shape index (κ2) is 5.65. The summed E-state index contributed by atoms with van der Waals surface area (Å²) in [6, 6.07) is 7.49. The minimum absolute atomic E-state index is 0.0921. The maximum absolute atomic E-state index is 11.2. The molecule has 1 aliphatic heterocycles. The highest BCUT2D eigenvalue weighted by Gasteiger charge is 2.21. The lowest BCUT2D eigenvalue weighted by atomic mass is 10.2. The summed E-state index contributed by atoms with van der Waals surface area (Å²) in [5.74, 6) is -0.599. The van der Waals surface area contributed by atoms with Crippen LogP contribution in [0, 0.1) is 0 Å². The zero-order valence-electron chi connectivity index (χ0n) is 11.8. The van der Waals surface area contributed by atoms with Crippen LogP contribution >= 0.6 is 0 Å². The molecule has 0 saturated carbocycles. The summed E-state index contributed by atoms with van der Waals surface area (Å²) >= 11 is 0. The van der Waals surface area contributed by atoms with Crippen LogP contribution < -0.4 is 4.90 Å². The monoisotopic (exact) mass is 287 g/mol. The predicted molar refractivity (Wildman–Crippen MR) is 78.7 cm³/mol. The molecule has 1 N–H and O–H groups in total. The van der Waals surface area contributed by atoms with Crippen LogP contribution in [0.25, 0.3) is 10.9 Å². The molecule has 3 rings (SSSR count). The first-order chi connectivity index (χ1) is 10.1. The summed E-state index contributed by atoms with van der Waals surface area (Å²) in [6.07, 6.45) is 0.986. The number of nitrogens with zero attached hydrogens (tertiary/aromatic N) is 3. The van der Waals surface area contributed by atoms with Crippen molar-refractivity contribution < 1.29 is 14.6 Å². The van der Waals surface area contributed by atoms with Crippen molar-refractivity contribution in [1.29, 1.82) is 0 Å². The molecular formula is C15H17N3O3. The van der Waals surface area contributed by atoms with Gasteiger partial charge in [0.1, 0.15) is 5.82 Å². The maximum atomic E-state index is 11.2. The van der Waals surface area contributed by atoms with Gasteiger partial charge in [-0.2, -0.15) is 0 Å². The van der Waals surface area contributed by atoms with Gasteiger partial charge in [-0.3, -0.25) is 0 Å². The number of carboxylic acids is 1. The van der Waals surface area contributed by atoms with E-state index in [4.69, 9.17) is 4.74 Å². The number of carboxylic acid groups (broad SMARTS) is 1. The molecule has 6 heteroatoms. The average Bonchev–Trinajstić information content (AvgIpc) is 2.70. The van der Waals surface area contributed by atoms with E-state index in [2.05, 4.69) is 14.9 Å². The number of para-hydroxylation sites is 1. The second-order valence-electron chi connectivity index (χ2n) is 5.17. The first-order valence-corrected chi connectivity index (χ1v) is 7.02. The minimum Gasteiger partial charge on any atom is -0.475 e. The van der Waals surface area contributed by atoms with Gasteiger partial charge >= 0.3 is 5.97 Å². The molecule has 1 atom stereocenters. The van der Waals surface area contributed by atoms with Gasteiger partial charge in [0, 0.05) is 25.1 Å². The van der Waals surface area contributed by atoms with E-state index in [0.717, 1.165) is 18.4 Å². The molecule has 0 bridgehead atoms. The molecule has 0 radical (unpaired) electrons. The minimum atomic E-state index is -1.11. The van der Waals surface area contributed by atoms with E-state index in [-0.39, 0.29) is 11.9 Å². The first-order valence-electron chi connectivity index (χ1n) is 7.02. The molecule has 0 aliphatic carbocycles. The molecule has 1 aromatic heterocycles. The first kappa shape index (κ1) is 13.8. The Kier molecular flexibility index (Phi) is 3.70. The Balaban J connectivity index is 2.12. The van der Waals surface area contributed by atoms with E-state index < -0.39 is 5.97 Å². The van der Waals surface area contributed by atoms with Gasteiger partial charge in [-0.05, 0) is 25.5 Å². The standard InChI is InChI=1S/C15H17N3O3/c1-10-9-18(7-4-8-21-10)14-11-5-2-3-6-12(11)16-13(17-14)15(19)20/h2-3,5-6,10H,4,7-9H2,1H3,(H,19,20).